The van der Waals surface area contributed by atoms with Crippen molar-refractivity contribution in [3.8, 4) is 0 Å². The Morgan fingerprint density at radius 3 is 2.36 bits per heavy atom. The van der Waals surface area contributed by atoms with E-state index in [0.717, 1.165) is 0 Å². The van der Waals surface area contributed by atoms with Gasteiger partial charge in [0.2, 0.25) is 0 Å². The first kappa shape index (κ1) is 11.6. The van der Waals surface area contributed by atoms with Crippen LogP contribution in [0.5, 0.6) is 0 Å². The fourth-order valence-corrected chi connectivity index (χ4v) is 3.61. The van der Waals surface area contributed by atoms with Crippen molar-refractivity contribution in [3.63, 3.8) is 0 Å². The van der Waals surface area contributed by atoms with Gasteiger partial charge in [0, 0.05) is 0 Å². The molecule has 68 valence electrons. The van der Waals surface area contributed by atoms with Gasteiger partial charge in [0.05, 0.1) is 6.61 Å². The lowest BCUT2D eigenvalue weighted by Crippen LogP contribution is -1.84. The average molecular weight is 244 g/mol. The van der Waals surface area contributed by atoms with Crippen molar-refractivity contribution in [1.82, 2.24) is 0 Å². The standard InChI is InChI=1S/C2H5Cl2FNO3PS/c1-2-9-10(3,4)6-11(5,7)8/h2H2,1H3. The lowest BCUT2D eigenvalue weighted by Gasteiger charge is -2.04. The third-order valence-electron chi connectivity index (χ3n) is 0.477. The molecule has 0 bridgehead atoms. The number of rotatable bonds is 3. The zero-order valence-electron chi connectivity index (χ0n) is 5.37. The van der Waals surface area contributed by atoms with Gasteiger partial charge in [-0.2, -0.15) is 8.42 Å². The summed E-state index contributed by atoms with van der Waals surface area (Å²) < 4.78 is 38.4. The summed E-state index contributed by atoms with van der Waals surface area (Å²) in [5.41, 5.74) is 0. The van der Waals surface area contributed by atoms with Crippen molar-refractivity contribution in [2.75, 3.05) is 6.61 Å². The molecule has 11 heavy (non-hydrogen) atoms. The van der Waals surface area contributed by atoms with Gasteiger partial charge in [-0.25, -0.2) is 0 Å². The highest BCUT2D eigenvalue weighted by molar-refractivity contribution is 8.10. The van der Waals surface area contributed by atoms with Crippen molar-refractivity contribution in [1.29, 1.82) is 0 Å². The molecule has 0 N–H and O–H groups in total. The van der Waals surface area contributed by atoms with E-state index >= 15 is 0 Å². The summed E-state index contributed by atoms with van der Waals surface area (Å²) in [6.45, 7) is 1.60. The van der Waals surface area contributed by atoms with E-state index in [0.29, 0.717) is 0 Å². The number of nitrogens with zero attached hydrogens (tertiary/aromatic N) is 1. The molecule has 0 rings (SSSR count). The Hall–Kier alpha value is 0.650. The zero-order valence-corrected chi connectivity index (χ0v) is 8.59. The number of halogens is 3. The quantitative estimate of drug-likeness (QED) is 0.566. The summed E-state index contributed by atoms with van der Waals surface area (Å²) in [6.07, 6.45) is 0. The monoisotopic (exact) mass is 243 g/mol. The summed E-state index contributed by atoms with van der Waals surface area (Å²) in [7, 11) is -5.02. The van der Waals surface area contributed by atoms with E-state index in [2.05, 4.69) is 8.67 Å². The van der Waals surface area contributed by atoms with Gasteiger partial charge in [0.1, 0.15) is 0 Å². The Labute approximate surface area is 73.7 Å². The molecule has 0 aliphatic heterocycles. The summed E-state index contributed by atoms with van der Waals surface area (Å²) in [6, 6.07) is 0. The maximum Gasteiger partial charge on any atom is 0.420 e. The van der Waals surface area contributed by atoms with Gasteiger partial charge in [-0.05, 0) is 29.4 Å². The van der Waals surface area contributed by atoms with Crippen LogP contribution in [0.15, 0.2) is 4.15 Å². The van der Waals surface area contributed by atoms with Gasteiger partial charge in [0.15, 0.2) is 0 Å². The molecular weight excluding hydrogens is 239 g/mol. The normalized spacial score (nSPS) is 13.1. The number of hydrogen-bond donors (Lipinski definition) is 0. The molecule has 0 atom stereocenters. The highest BCUT2D eigenvalue weighted by Crippen LogP contribution is 2.61. The number of hydrogen-bond acceptors (Lipinski definition) is 3. The molecule has 0 unspecified atom stereocenters. The van der Waals surface area contributed by atoms with E-state index in [-0.39, 0.29) is 6.61 Å². The van der Waals surface area contributed by atoms with Crippen LogP contribution in [-0.4, -0.2) is 15.0 Å². The minimum Gasteiger partial charge on any atom is -0.321 e. The Morgan fingerprint density at radius 2 is 2.09 bits per heavy atom. The van der Waals surface area contributed by atoms with Gasteiger partial charge in [-0.1, -0.05) is 8.04 Å². The lowest BCUT2D eigenvalue weighted by atomic mass is 10.9. The molecule has 0 aromatic carbocycles. The second kappa shape index (κ2) is 4.05. The minimum absolute atomic E-state index is 0.0692. The van der Waals surface area contributed by atoms with Gasteiger partial charge in [-0.15, -0.1) is 0 Å². The highest BCUT2D eigenvalue weighted by Gasteiger charge is 2.17. The molecule has 0 aliphatic rings. The molecule has 0 spiro atoms. The van der Waals surface area contributed by atoms with Crippen molar-refractivity contribution in [2.45, 2.75) is 6.92 Å². The van der Waals surface area contributed by atoms with Crippen LogP contribution < -0.4 is 0 Å². The maximum atomic E-state index is 11.8. The third kappa shape index (κ3) is 7.03. The van der Waals surface area contributed by atoms with E-state index in [4.69, 9.17) is 22.5 Å². The van der Waals surface area contributed by atoms with E-state index in [1.54, 1.807) is 0 Å². The molecule has 0 fully saturated rings. The summed E-state index contributed by atoms with van der Waals surface area (Å²) in [4.78, 5) is 0. The van der Waals surface area contributed by atoms with Crippen LogP contribution in [0.4, 0.5) is 3.89 Å². The third-order valence-corrected chi connectivity index (χ3v) is 4.28. The second-order valence-corrected chi connectivity index (χ2v) is 7.22. The van der Waals surface area contributed by atoms with Crippen LogP contribution in [-0.2, 0) is 14.9 Å². The van der Waals surface area contributed by atoms with Gasteiger partial charge in [0.25, 0.3) is 5.99 Å². The molecule has 4 nitrogen and oxygen atoms in total. The first-order chi connectivity index (χ1) is 4.77. The smallest absolute Gasteiger partial charge is 0.321 e. The fraction of sp³-hybridized carbons (Fsp3) is 1.00. The molecule has 0 saturated heterocycles. The Morgan fingerprint density at radius 1 is 1.64 bits per heavy atom. The molecule has 0 saturated carbocycles. The van der Waals surface area contributed by atoms with Crippen molar-refractivity contribution in [3.05, 3.63) is 0 Å². The topological polar surface area (TPSA) is 55.7 Å². The predicted octanol–water partition coefficient (Wildman–Crippen LogP) is 2.66. The molecule has 0 amide bonds. The summed E-state index contributed by atoms with van der Waals surface area (Å²) in [5.74, 6) is -3.46. The van der Waals surface area contributed by atoms with E-state index in [1.165, 1.54) is 6.92 Å². The second-order valence-electron chi connectivity index (χ2n) is 1.35. The van der Waals surface area contributed by atoms with Crippen LogP contribution in [0.1, 0.15) is 6.92 Å². The summed E-state index contributed by atoms with van der Waals surface area (Å²) in [5, 5.41) is 0. The molecule has 0 aromatic heterocycles. The highest BCUT2D eigenvalue weighted by atomic mass is 35.9. The van der Waals surface area contributed by atoms with Crippen LogP contribution in [0.25, 0.3) is 0 Å². The Kier molecular flexibility index (Phi) is 4.29. The average Bonchev–Trinajstić information content (AvgIpc) is 1.55. The molecular formula is C2H5Cl2FNO3PS. The van der Waals surface area contributed by atoms with Crippen molar-refractivity contribution in [2.24, 2.45) is 4.15 Å². The SMILES string of the molecule is CCOP(Cl)(Cl)=NS(=O)(=O)F. The van der Waals surface area contributed by atoms with E-state index < -0.39 is 16.4 Å². The summed E-state index contributed by atoms with van der Waals surface area (Å²) >= 11 is 10.4. The van der Waals surface area contributed by atoms with E-state index in [1.807, 2.05) is 0 Å². The van der Waals surface area contributed by atoms with Crippen LogP contribution >= 0.6 is 28.5 Å². The molecule has 0 heterocycles. The zero-order chi connectivity index (χ0) is 9.12. The predicted molar refractivity (Wildman–Crippen MR) is 42.7 cm³/mol. The van der Waals surface area contributed by atoms with Crippen molar-refractivity contribution < 1.29 is 16.8 Å². The molecule has 0 radical (unpaired) electrons. The minimum atomic E-state index is -5.02. The molecule has 0 aromatic rings. The van der Waals surface area contributed by atoms with Gasteiger partial charge >= 0.3 is 10.4 Å². The maximum absolute atomic E-state index is 11.8. The van der Waals surface area contributed by atoms with Gasteiger partial charge in [-0.3, -0.25) is 0 Å². The molecule has 0 aliphatic carbocycles. The first-order valence-corrected chi connectivity index (χ1v) is 7.20. The Bertz CT molecular complexity index is 271. The van der Waals surface area contributed by atoms with Gasteiger partial charge < -0.3 is 4.52 Å². The van der Waals surface area contributed by atoms with Crippen LogP contribution in [0.2, 0.25) is 0 Å². The van der Waals surface area contributed by atoms with E-state index in [9.17, 15) is 12.3 Å². The first-order valence-electron chi connectivity index (χ1n) is 2.39. The fourth-order valence-electron chi connectivity index (χ4n) is 0.292. The lowest BCUT2D eigenvalue weighted by molar-refractivity contribution is 0.387. The van der Waals surface area contributed by atoms with Crippen LogP contribution in [0.3, 0.4) is 0 Å². The van der Waals surface area contributed by atoms with Crippen molar-refractivity contribution >= 4 is 38.9 Å². The Balaban J connectivity index is 4.67. The van der Waals surface area contributed by atoms with Crippen LogP contribution in [0, 0.1) is 0 Å². The largest absolute Gasteiger partial charge is 0.420 e. The molecule has 9 heteroatoms.